The quantitative estimate of drug-likeness (QED) is 0.626. The van der Waals surface area contributed by atoms with Gasteiger partial charge in [0.25, 0.3) is 0 Å². The van der Waals surface area contributed by atoms with E-state index in [9.17, 15) is 15.3 Å². The van der Waals surface area contributed by atoms with Crippen LogP contribution in [0.4, 0.5) is 0 Å². The van der Waals surface area contributed by atoms with E-state index in [0.29, 0.717) is 32.1 Å². The minimum atomic E-state index is -0.501. The molecule has 20 heavy (non-hydrogen) atoms. The fraction of sp³-hybridized carbons (Fsp3) is 0.875. The molecule has 0 aromatic heterocycles. The molecule has 0 bridgehead atoms. The Hall–Kier alpha value is -0.420. The molecule has 4 nitrogen and oxygen atoms in total. The van der Waals surface area contributed by atoms with Crippen LogP contribution in [0.15, 0.2) is 12.7 Å². The van der Waals surface area contributed by atoms with Gasteiger partial charge in [0.1, 0.15) is 0 Å². The van der Waals surface area contributed by atoms with Crippen molar-refractivity contribution in [1.82, 2.24) is 0 Å². The van der Waals surface area contributed by atoms with Crippen LogP contribution in [0.5, 0.6) is 0 Å². The Morgan fingerprint density at radius 1 is 1.30 bits per heavy atom. The van der Waals surface area contributed by atoms with Gasteiger partial charge in [-0.05, 0) is 19.3 Å². The van der Waals surface area contributed by atoms with E-state index in [4.69, 9.17) is 4.74 Å². The van der Waals surface area contributed by atoms with Crippen LogP contribution in [0.25, 0.3) is 0 Å². The Kier molecular flexibility index (Phi) is 6.65. The van der Waals surface area contributed by atoms with Crippen LogP contribution in [0.1, 0.15) is 52.9 Å². The Balaban J connectivity index is 2.69. The fourth-order valence-electron chi connectivity index (χ4n) is 2.75. The molecule has 0 spiro atoms. The van der Waals surface area contributed by atoms with Crippen molar-refractivity contribution in [3.63, 3.8) is 0 Å². The third kappa shape index (κ3) is 4.55. The van der Waals surface area contributed by atoms with Crippen molar-refractivity contribution in [2.75, 3.05) is 0 Å². The van der Waals surface area contributed by atoms with E-state index in [2.05, 4.69) is 6.58 Å². The lowest BCUT2D eigenvalue weighted by Crippen LogP contribution is -2.51. The van der Waals surface area contributed by atoms with Crippen molar-refractivity contribution < 1.29 is 20.1 Å². The molecule has 1 aliphatic heterocycles. The Labute approximate surface area is 122 Å². The third-order valence-electron chi connectivity index (χ3n) is 4.46. The second-order valence-corrected chi connectivity index (χ2v) is 6.53. The molecule has 1 aliphatic rings. The van der Waals surface area contributed by atoms with E-state index in [0.717, 1.165) is 0 Å². The third-order valence-corrected chi connectivity index (χ3v) is 4.46. The molecule has 1 fully saturated rings. The van der Waals surface area contributed by atoms with Crippen molar-refractivity contribution in [1.29, 1.82) is 0 Å². The number of hydrogen-bond acceptors (Lipinski definition) is 4. The summed E-state index contributed by atoms with van der Waals surface area (Å²) in [5, 5.41) is 30.0. The summed E-state index contributed by atoms with van der Waals surface area (Å²) in [5.41, 5.74) is -0.393. The standard InChI is InChI=1S/C16H30O4/c1-5-7-12(18)9-15-16(3,4)14(19)10-13(20-15)8-11(17)6-2/h5,11-15,17-19H,1,6-10H2,2-4H3/t11?,12-,13-,14+,15+/m1/s1. The minimum absolute atomic E-state index is 0.145. The smallest absolute Gasteiger partial charge is 0.0679 e. The molecule has 118 valence electrons. The maximum atomic E-state index is 10.3. The van der Waals surface area contributed by atoms with Gasteiger partial charge in [0, 0.05) is 18.3 Å². The number of ether oxygens (including phenoxy) is 1. The largest absolute Gasteiger partial charge is 0.393 e. The summed E-state index contributed by atoms with van der Waals surface area (Å²) in [7, 11) is 0. The maximum Gasteiger partial charge on any atom is 0.0679 e. The van der Waals surface area contributed by atoms with Gasteiger partial charge in [0.2, 0.25) is 0 Å². The summed E-state index contributed by atoms with van der Waals surface area (Å²) in [4.78, 5) is 0. The molecule has 1 unspecified atom stereocenters. The Morgan fingerprint density at radius 3 is 2.50 bits per heavy atom. The van der Waals surface area contributed by atoms with Gasteiger partial charge in [0.15, 0.2) is 0 Å². The summed E-state index contributed by atoms with van der Waals surface area (Å²) in [6.45, 7) is 9.49. The number of aliphatic hydroxyl groups is 3. The average Bonchev–Trinajstić information content (AvgIpc) is 2.36. The van der Waals surface area contributed by atoms with Crippen LogP contribution in [-0.4, -0.2) is 45.8 Å². The zero-order valence-corrected chi connectivity index (χ0v) is 13.0. The monoisotopic (exact) mass is 286 g/mol. The van der Waals surface area contributed by atoms with Crippen LogP contribution >= 0.6 is 0 Å². The molecule has 5 atom stereocenters. The van der Waals surface area contributed by atoms with Gasteiger partial charge in [-0.25, -0.2) is 0 Å². The zero-order valence-electron chi connectivity index (χ0n) is 13.0. The molecule has 0 radical (unpaired) electrons. The van der Waals surface area contributed by atoms with Gasteiger partial charge in [-0.1, -0.05) is 26.8 Å². The molecule has 1 heterocycles. The van der Waals surface area contributed by atoms with Crippen LogP contribution in [0.3, 0.4) is 0 Å². The zero-order chi connectivity index (χ0) is 15.3. The van der Waals surface area contributed by atoms with Crippen molar-refractivity contribution in [3.8, 4) is 0 Å². The SMILES string of the molecule is C=CC[C@@H](O)C[C@@H]1O[C@H](CC(O)CC)C[C@H](O)C1(C)C. The highest BCUT2D eigenvalue weighted by Crippen LogP contribution is 2.39. The highest BCUT2D eigenvalue weighted by molar-refractivity contribution is 4.94. The minimum Gasteiger partial charge on any atom is -0.393 e. The topological polar surface area (TPSA) is 69.9 Å². The highest BCUT2D eigenvalue weighted by atomic mass is 16.5. The van der Waals surface area contributed by atoms with Crippen LogP contribution in [0, 0.1) is 5.41 Å². The first-order valence-electron chi connectivity index (χ1n) is 7.61. The van der Waals surface area contributed by atoms with Gasteiger partial charge in [-0.2, -0.15) is 0 Å². The molecule has 0 aromatic carbocycles. The van der Waals surface area contributed by atoms with E-state index in [1.54, 1.807) is 6.08 Å². The number of rotatable bonds is 7. The summed E-state index contributed by atoms with van der Waals surface area (Å²) in [6, 6.07) is 0. The van der Waals surface area contributed by atoms with Gasteiger partial charge in [-0.3, -0.25) is 0 Å². The first-order chi connectivity index (χ1) is 9.31. The summed E-state index contributed by atoms with van der Waals surface area (Å²) < 4.78 is 6.05. The summed E-state index contributed by atoms with van der Waals surface area (Å²) >= 11 is 0. The Bertz CT molecular complexity index is 303. The van der Waals surface area contributed by atoms with Gasteiger partial charge >= 0.3 is 0 Å². The summed E-state index contributed by atoms with van der Waals surface area (Å²) in [6.07, 6.45) is 2.72. The molecule has 0 aromatic rings. The van der Waals surface area contributed by atoms with Gasteiger partial charge < -0.3 is 20.1 Å². The van der Waals surface area contributed by atoms with Crippen molar-refractivity contribution >= 4 is 0 Å². The van der Waals surface area contributed by atoms with E-state index in [1.807, 2.05) is 20.8 Å². The van der Waals surface area contributed by atoms with Crippen molar-refractivity contribution in [3.05, 3.63) is 12.7 Å². The van der Waals surface area contributed by atoms with Crippen LogP contribution in [-0.2, 0) is 4.74 Å². The van der Waals surface area contributed by atoms with Gasteiger partial charge in [0.05, 0.1) is 30.5 Å². The molecule has 0 saturated carbocycles. The lowest BCUT2D eigenvalue weighted by Gasteiger charge is -2.46. The van der Waals surface area contributed by atoms with E-state index >= 15 is 0 Å². The molecule has 0 amide bonds. The first-order valence-corrected chi connectivity index (χ1v) is 7.61. The second kappa shape index (κ2) is 7.55. The fourth-order valence-corrected chi connectivity index (χ4v) is 2.75. The second-order valence-electron chi connectivity index (χ2n) is 6.53. The van der Waals surface area contributed by atoms with Crippen LogP contribution < -0.4 is 0 Å². The average molecular weight is 286 g/mol. The van der Waals surface area contributed by atoms with E-state index < -0.39 is 23.7 Å². The molecular formula is C16H30O4. The lowest BCUT2D eigenvalue weighted by atomic mass is 9.73. The molecule has 1 saturated heterocycles. The van der Waals surface area contributed by atoms with Crippen LogP contribution in [0.2, 0.25) is 0 Å². The first kappa shape index (κ1) is 17.6. The molecular weight excluding hydrogens is 256 g/mol. The predicted octanol–water partition coefficient (Wildman–Crippen LogP) is 2.02. The molecule has 3 N–H and O–H groups in total. The van der Waals surface area contributed by atoms with Crippen molar-refractivity contribution in [2.24, 2.45) is 5.41 Å². The number of aliphatic hydroxyl groups excluding tert-OH is 3. The van der Waals surface area contributed by atoms with E-state index in [-0.39, 0.29) is 12.2 Å². The predicted molar refractivity (Wildman–Crippen MR) is 79.4 cm³/mol. The Morgan fingerprint density at radius 2 is 1.95 bits per heavy atom. The van der Waals surface area contributed by atoms with Crippen molar-refractivity contribution in [2.45, 2.75) is 83.4 Å². The summed E-state index contributed by atoms with van der Waals surface area (Å²) in [5.74, 6) is 0. The lowest BCUT2D eigenvalue weighted by molar-refractivity contribution is -0.188. The highest BCUT2D eigenvalue weighted by Gasteiger charge is 2.44. The van der Waals surface area contributed by atoms with Gasteiger partial charge in [-0.15, -0.1) is 6.58 Å². The molecule has 1 rings (SSSR count). The van der Waals surface area contributed by atoms with E-state index in [1.165, 1.54) is 0 Å². The maximum absolute atomic E-state index is 10.3. The number of hydrogen-bond donors (Lipinski definition) is 3. The normalized spacial score (nSPS) is 32.6. The molecule has 4 heteroatoms. The molecule has 0 aliphatic carbocycles.